The molecule has 4 heterocycles. The Balaban J connectivity index is 0.987. The van der Waals surface area contributed by atoms with Crippen LogP contribution in [0.3, 0.4) is 0 Å². The number of allylic oxidation sites excluding steroid dienone is 1. The second-order valence-corrected chi connectivity index (χ2v) is 13.3. The van der Waals surface area contributed by atoms with Crippen molar-refractivity contribution in [2.45, 2.75) is 75.3 Å². The monoisotopic (exact) mass is 565 g/mol. The topological polar surface area (TPSA) is 65.1 Å². The Morgan fingerprint density at radius 3 is 1.86 bits per heavy atom. The van der Waals surface area contributed by atoms with Gasteiger partial charge in [-0.3, -0.25) is 4.99 Å². The third-order valence-electron chi connectivity index (χ3n) is 10.8. The van der Waals surface area contributed by atoms with E-state index in [1.807, 2.05) is 6.20 Å². The third-order valence-corrected chi connectivity index (χ3v) is 10.8. The van der Waals surface area contributed by atoms with E-state index >= 15 is 0 Å². The lowest BCUT2D eigenvalue weighted by Gasteiger charge is -2.23. The van der Waals surface area contributed by atoms with Crippen LogP contribution in [0.5, 0.6) is 0 Å². The maximum Gasteiger partial charge on any atom is 0.123 e. The van der Waals surface area contributed by atoms with Crippen molar-refractivity contribution in [3.05, 3.63) is 95.6 Å². The fourth-order valence-electron chi connectivity index (χ4n) is 8.60. The number of nitrogens with one attached hydrogen (secondary N) is 3. The zero-order valence-electron chi connectivity index (χ0n) is 24.7. The minimum atomic E-state index is 0.363. The van der Waals surface area contributed by atoms with E-state index in [2.05, 4.69) is 87.5 Å². The maximum atomic E-state index is 4.79. The molecule has 1 aromatic heterocycles. The molecule has 3 aliphatic heterocycles. The molecule has 0 amide bonds. The summed E-state index contributed by atoms with van der Waals surface area (Å²) in [5, 5.41) is 7.15. The summed E-state index contributed by atoms with van der Waals surface area (Å²) in [5.74, 6) is 2.44. The first-order valence-corrected chi connectivity index (χ1v) is 16.4. The highest BCUT2D eigenvalue weighted by atomic mass is 15.0. The molecule has 2 saturated heterocycles. The molecule has 0 spiro atoms. The van der Waals surface area contributed by atoms with E-state index in [-0.39, 0.29) is 0 Å². The SMILES string of the molecule is C1=C(c2ccc(-c3ccc(-c4ccc(-c5cnc([C@@H]6CCCN6)[nH]5)cc4)c4c3C3CCC4C3)cc2)CC([C@@H]2CCCN2)=N1. The lowest BCUT2D eigenvalue weighted by Crippen LogP contribution is -2.29. The minimum absolute atomic E-state index is 0.363. The van der Waals surface area contributed by atoms with E-state index in [9.17, 15) is 0 Å². The largest absolute Gasteiger partial charge is 0.341 e. The summed E-state index contributed by atoms with van der Waals surface area (Å²) in [7, 11) is 0. The number of imidazole rings is 1. The molecule has 2 aliphatic carbocycles. The van der Waals surface area contributed by atoms with Crippen molar-refractivity contribution < 1.29 is 0 Å². The van der Waals surface area contributed by atoms with Gasteiger partial charge in [0.1, 0.15) is 5.82 Å². The fraction of sp³-hybridized carbons (Fsp3) is 0.368. The van der Waals surface area contributed by atoms with Gasteiger partial charge in [0, 0.05) is 24.4 Å². The second kappa shape index (κ2) is 10.4. The Morgan fingerprint density at radius 2 is 1.23 bits per heavy atom. The van der Waals surface area contributed by atoms with Crippen LogP contribution in [0.1, 0.15) is 91.8 Å². The van der Waals surface area contributed by atoms with E-state index in [0.717, 1.165) is 37.4 Å². The molecule has 2 unspecified atom stereocenters. The lowest BCUT2D eigenvalue weighted by molar-refractivity contribution is 0.613. The normalized spacial score (nSPS) is 25.8. The lowest BCUT2D eigenvalue weighted by atomic mass is 9.81. The van der Waals surface area contributed by atoms with Gasteiger partial charge in [0.2, 0.25) is 0 Å². The highest BCUT2D eigenvalue weighted by Gasteiger charge is 2.40. The van der Waals surface area contributed by atoms with Crippen LogP contribution in [-0.4, -0.2) is 34.8 Å². The Morgan fingerprint density at radius 1 is 0.628 bits per heavy atom. The first-order valence-electron chi connectivity index (χ1n) is 16.4. The van der Waals surface area contributed by atoms with Crippen LogP contribution in [0.25, 0.3) is 39.1 Å². The van der Waals surface area contributed by atoms with Gasteiger partial charge in [-0.15, -0.1) is 0 Å². The minimum Gasteiger partial charge on any atom is -0.341 e. The van der Waals surface area contributed by atoms with Crippen LogP contribution >= 0.6 is 0 Å². The fourth-order valence-corrected chi connectivity index (χ4v) is 8.60. The van der Waals surface area contributed by atoms with Gasteiger partial charge in [-0.05, 0) is 120 Å². The van der Waals surface area contributed by atoms with Gasteiger partial charge in [-0.25, -0.2) is 4.98 Å². The van der Waals surface area contributed by atoms with Crippen LogP contribution in [0.2, 0.25) is 0 Å². The molecule has 0 radical (unpaired) electrons. The molecule has 2 bridgehead atoms. The summed E-state index contributed by atoms with van der Waals surface area (Å²) >= 11 is 0. The summed E-state index contributed by atoms with van der Waals surface area (Å²) in [4.78, 5) is 13.0. The number of aromatic amines is 1. The number of hydrogen-bond acceptors (Lipinski definition) is 4. The van der Waals surface area contributed by atoms with Crippen molar-refractivity contribution in [3.63, 3.8) is 0 Å². The molecule has 43 heavy (non-hydrogen) atoms. The summed E-state index contributed by atoms with van der Waals surface area (Å²) in [6, 6.07) is 24.1. The van der Waals surface area contributed by atoms with Gasteiger partial charge in [-0.1, -0.05) is 60.7 Å². The Hall–Kier alpha value is -3.80. The van der Waals surface area contributed by atoms with Crippen LogP contribution in [0.4, 0.5) is 0 Å². The van der Waals surface area contributed by atoms with E-state index in [4.69, 9.17) is 4.99 Å². The number of nitrogens with zero attached hydrogens (tertiary/aromatic N) is 2. The molecule has 3 N–H and O–H groups in total. The van der Waals surface area contributed by atoms with Gasteiger partial charge in [-0.2, -0.15) is 0 Å². The van der Waals surface area contributed by atoms with Gasteiger partial charge in [0.05, 0.1) is 17.9 Å². The molecule has 4 atom stereocenters. The predicted octanol–water partition coefficient (Wildman–Crippen LogP) is 8.14. The van der Waals surface area contributed by atoms with Crippen LogP contribution in [0, 0.1) is 0 Å². The average Bonchev–Trinajstić information content (AvgIpc) is 3.89. The molecular weight excluding hydrogens is 526 g/mol. The number of aliphatic imine (C=N–C) groups is 1. The molecular formula is C38H39N5. The molecule has 5 nitrogen and oxygen atoms in total. The molecule has 3 aromatic carbocycles. The van der Waals surface area contributed by atoms with Gasteiger partial charge >= 0.3 is 0 Å². The molecule has 9 rings (SSSR count). The van der Waals surface area contributed by atoms with Crippen LogP contribution in [0.15, 0.2) is 78.1 Å². The highest BCUT2D eigenvalue weighted by Crippen LogP contribution is 2.58. The van der Waals surface area contributed by atoms with Crippen LogP contribution in [-0.2, 0) is 0 Å². The first-order chi connectivity index (χ1) is 21.3. The zero-order valence-corrected chi connectivity index (χ0v) is 24.7. The Labute approximate surface area is 254 Å². The zero-order chi connectivity index (χ0) is 28.3. The number of fused-ring (bicyclic) bond motifs is 5. The number of benzene rings is 3. The third kappa shape index (κ3) is 4.44. The van der Waals surface area contributed by atoms with Crippen LogP contribution < -0.4 is 10.6 Å². The van der Waals surface area contributed by atoms with Crippen molar-refractivity contribution in [1.82, 2.24) is 20.6 Å². The standard InChI is InChI=1S/C38H39N5/c1-3-32(39-17-1)34-20-29(21-41-34)23-5-7-24(8-6-23)30-15-16-31(37-28-14-13-27(19-28)36(30)37)25-9-11-26(12-10-25)35-22-42-38(43-35)33-4-2-18-40-33/h5-12,15-16,21-22,27-28,32-33,39-40H,1-4,13-14,17-20H2,(H,42,43)/t27?,28?,32-,33-/m0/s1. The maximum absolute atomic E-state index is 4.79. The predicted molar refractivity (Wildman–Crippen MR) is 175 cm³/mol. The second-order valence-electron chi connectivity index (χ2n) is 13.3. The van der Waals surface area contributed by atoms with Gasteiger partial charge < -0.3 is 15.6 Å². The summed E-state index contributed by atoms with van der Waals surface area (Å²) in [5.41, 5.74) is 15.0. The van der Waals surface area contributed by atoms with Crippen molar-refractivity contribution in [2.75, 3.05) is 13.1 Å². The Bertz CT molecular complexity index is 1730. The number of hydrogen-bond donors (Lipinski definition) is 3. The molecule has 1 saturated carbocycles. The van der Waals surface area contributed by atoms with E-state index in [1.165, 1.54) is 83.2 Å². The summed E-state index contributed by atoms with van der Waals surface area (Å²) in [6.07, 6.45) is 13.9. The number of H-pyrrole nitrogens is 1. The van der Waals surface area contributed by atoms with Crippen molar-refractivity contribution in [2.24, 2.45) is 4.99 Å². The molecule has 5 aliphatic rings. The van der Waals surface area contributed by atoms with E-state index in [1.54, 1.807) is 11.1 Å². The van der Waals surface area contributed by atoms with Crippen molar-refractivity contribution in [3.8, 4) is 33.5 Å². The van der Waals surface area contributed by atoms with E-state index in [0.29, 0.717) is 23.9 Å². The highest BCUT2D eigenvalue weighted by molar-refractivity contribution is 6.01. The average molecular weight is 566 g/mol. The van der Waals surface area contributed by atoms with Crippen molar-refractivity contribution in [1.29, 1.82) is 0 Å². The molecule has 5 heteroatoms. The molecule has 4 aromatic rings. The molecule has 216 valence electrons. The van der Waals surface area contributed by atoms with Gasteiger partial charge in [0.25, 0.3) is 0 Å². The first kappa shape index (κ1) is 25.7. The quantitative estimate of drug-likeness (QED) is 0.221. The van der Waals surface area contributed by atoms with Crippen molar-refractivity contribution >= 4 is 11.3 Å². The Kier molecular flexibility index (Phi) is 6.23. The van der Waals surface area contributed by atoms with E-state index < -0.39 is 0 Å². The number of aromatic nitrogens is 2. The smallest absolute Gasteiger partial charge is 0.123 e. The van der Waals surface area contributed by atoms with Gasteiger partial charge in [0.15, 0.2) is 0 Å². The summed E-state index contributed by atoms with van der Waals surface area (Å²) < 4.78 is 0. The summed E-state index contributed by atoms with van der Waals surface area (Å²) in [6.45, 7) is 2.20. The number of rotatable bonds is 6. The molecule has 3 fully saturated rings.